The average Bonchev–Trinajstić information content (AvgIpc) is 2.62. The Morgan fingerprint density at radius 3 is 2.54 bits per heavy atom. The minimum atomic E-state index is 0.0657. The molecule has 2 aromatic rings. The highest BCUT2D eigenvalue weighted by molar-refractivity contribution is 5.56. The van der Waals surface area contributed by atoms with Crippen LogP contribution in [0.1, 0.15) is 0 Å². The fourth-order valence-electron chi connectivity index (χ4n) is 1.02. The molecule has 0 aliphatic carbocycles. The molecular formula is C8H8N4O. The third-order valence-corrected chi connectivity index (χ3v) is 1.66. The van der Waals surface area contributed by atoms with Gasteiger partial charge in [-0.2, -0.15) is 15.0 Å². The minimum absolute atomic E-state index is 0.0657. The second-order valence-corrected chi connectivity index (χ2v) is 2.56. The lowest BCUT2D eigenvalue weighted by Crippen LogP contribution is -1.99. The summed E-state index contributed by atoms with van der Waals surface area (Å²) in [4.78, 5) is 1.43. The Balaban J connectivity index is 2.49. The van der Waals surface area contributed by atoms with Gasteiger partial charge in [0, 0.05) is 0 Å². The molecule has 2 rings (SSSR count). The van der Waals surface area contributed by atoms with E-state index in [1.165, 1.54) is 10.9 Å². The van der Waals surface area contributed by atoms with Crippen molar-refractivity contribution >= 4 is 5.69 Å². The normalized spacial score (nSPS) is 10.2. The van der Waals surface area contributed by atoms with Gasteiger partial charge in [0.25, 0.3) is 0 Å². The van der Waals surface area contributed by atoms with Crippen molar-refractivity contribution in [3.05, 3.63) is 30.6 Å². The monoisotopic (exact) mass is 176 g/mol. The molecule has 5 heteroatoms. The topological polar surface area (TPSA) is 77.0 Å². The first-order chi connectivity index (χ1) is 6.27. The van der Waals surface area contributed by atoms with Gasteiger partial charge < -0.3 is 10.8 Å². The molecule has 0 saturated carbocycles. The number of anilines is 1. The number of benzene rings is 1. The van der Waals surface area contributed by atoms with Crippen molar-refractivity contribution in [1.82, 2.24) is 15.0 Å². The predicted molar refractivity (Wildman–Crippen MR) is 47.4 cm³/mol. The zero-order chi connectivity index (χ0) is 9.26. The molecule has 0 aliphatic heterocycles. The molecule has 1 aromatic heterocycles. The predicted octanol–water partition coefficient (Wildman–Crippen LogP) is 0.555. The molecule has 0 unspecified atom stereocenters. The number of aromatic nitrogens is 3. The molecule has 0 bridgehead atoms. The van der Waals surface area contributed by atoms with E-state index in [0.29, 0.717) is 5.69 Å². The van der Waals surface area contributed by atoms with Crippen molar-refractivity contribution in [3.63, 3.8) is 0 Å². The molecule has 0 aliphatic rings. The lowest BCUT2D eigenvalue weighted by atomic mass is 10.2. The highest BCUT2D eigenvalue weighted by Crippen LogP contribution is 2.21. The quantitative estimate of drug-likeness (QED) is 0.491. The van der Waals surface area contributed by atoms with Gasteiger partial charge in [0.1, 0.15) is 5.75 Å². The molecule has 66 valence electrons. The van der Waals surface area contributed by atoms with E-state index in [2.05, 4.69) is 10.2 Å². The highest BCUT2D eigenvalue weighted by atomic mass is 16.3. The summed E-state index contributed by atoms with van der Waals surface area (Å²) in [7, 11) is 0. The van der Waals surface area contributed by atoms with E-state index >= 15 is 0 Å². The number of nitrogen functional groups attached to an aromatic ring is 1. The maximum atomic E-state index is 9.17. The maximum absolute atomic E-state index is 9.17. The van der Waals surface area contributed by atoms with Crippen molar-refractivity contribution in [1.29, 1.82) is 0 Å². The van der Waals surface area contributed by atoms with Gasteiger partial charge >= 0.3 is 0 Å². The first kappa shape index (κ1) is 7.60. The summed E-state index contributed by atoms with van der Waals surface area (Å²) in [6.45, 7) is 0. The summed E-state index contributed by atoms with van der Waals surface area (Å²) >= 11 is 0. The second-order valence-electron chi connectivity index (χ2n) is 2.56. The van der Waals surface area contributed by atoms with E-state index in [-0.39, 0.29) is 5.75 Å². The standard InChI is InChI=1S/C8H8N4O/c9-7-5-6(1-2-8(7)13)12-10-3-4-11-12/h1-5,13H,9H2. The molecule has 0 amide bonds. The van der Waals surface area contributed by atoms with Crippen LogP contribution in [-0.4, -0.2) is 20.1 Å². The van der Waals surface area contributed by atoms with Crippen molar-refractivity contribution in [2.75, 3.05) is 5.73 Å². The van der Waals surface area contributed by atoms with E-state index in [0.717, 1.165) is 5.69 Å². The van der Waals surface area contributed by atoms with Crippen LogP contribution < -0.4 is 5.73 Å². The number of nitrogens with zero attached hydrogens (tertiary/aromatic N) is 3. The van der Waals surface area contributed by atoms with Crippen LogP contribution in [0, 0.1) is 0 Å². The lowest BCUT2D eigenvalue weighted by molar-refractivity contribution is 0.477. The third-order valence-electron chi connectivity index (χ3n) is 1.66. The molecule has 0 fully saturated rings. The molecule has 1 aromatic carbocycles. The van der Waals surface area contributed by atoms with E-state index in [9.17, 15) is 0 Å². The number of phenolic OH excluding ortho intramolecular Hbond substituents is 1. The number of hydrogen-bond acceptors (Lipinski definition) is 4. The molecule has 0 atom stereocenters. The van der Waals surface area contributed by atoms with Crippen LogP contribution in [0.2, 0.25) is 0 Å². The lowest BCUT2D eigenvalue weighted by Gasteiger charge is -2.02. The van der Waals surface area contributed by atoms with Crippen molar-refractivity contribution < 1.29 is 5.11 Å². The summed E-state index contributed by atoms with van der Waals surface area (Å²) in [5, 5.41) is 17.0. The van der Waals surface area contributed by atoms with Crippen molar-refractivity contribution in [2.45, 2.75) is 0 Å². The SMILES string of the molecule is Nc1cc(-n2nccn2)ccc1O. The van der Waals surface area contributed by atoms with Crippen molar-refractivity contribution in [3.8, 4) is 11.4 Å². The number of aromatic hydroxyl groups is 1. The van der Waals surface area contributed by atoms with E-state index in [4.69, 9.17) is 10.8 Å². The first-order valence-corrected chi connectivity index (χ1v) is 3.72. The molecule has 3 N–H and O–H groups in total. The highest BCUT2D eigenvalue weighted by Gasteiger charge is 2.00. The molecule has 13 heavy (non-hydrogen) atoms. The zero-order valence-corrected chi connectivity index (χ0v) is 6.75. The average molecular weight is 176 g/mol. The Labute approximate surface area is 74.4 Å². The summed E-state index contributed by atoms with van der Waals surface area (Å²) in [5.41, 5.74) is 6.54. The summed E-state index contributed by atoms with van der Waals surface area (Å²) in [6, 6.07) is 4.80. The Morgan fingerprint density at radius 2 is 1.92 bits per heavy atom. The van der Waals surface area contributed by atoms with E-state index < -0.39 is 0 Å². The number of nitrogens with two attached hydrogens (primary N) is 1. The van der Waals surface area contributed by atoms with Crippen LogP contribution in [0.25, 0.3) is 5.69 Å². The Hall–Kier alpha value is -2.04. The van der Waals surface area contributed by atoms with Crippen LogP contribution >= 0.6 is 0 Å². The van der Waals surface area contributed by atoms with Crippen molar-refractivity contribution in [2.24, 2.45) is 0 Å². The van der Waals surface area contributed by atoms with Gasteiger partial charge in [0.15, 0.2) is 0 Å². The second kappa shape index (κ2) is 2.78. The first-order valence-electron chi connectivity index (χ1n) is 3.72. The number of hydrogen-bond donors (Lipinski definition) is 2. The van der Waals surface area contributed by atoms with Gasteiger partial charge in [-0.05, 0) is 18.2 Å². The Morgan fingerprint density at radius 1 is 1.23 bits per heavy atom. The summed E-state index contributed by atoms with van der Waals surface area (Å²) < 4.78 is 0. The molecule has 0 saturated heterocycles. The minimum Gasteiger partial charge on any atom is -0.506 e. The van der Waals surface area contributed by atoms with Gasteiger partial charge in [0.05, 0.1) is 23.8 Å². The van der Waals surface area contributed by atoms with Crippen LogP contribution in [0.3, 0.4) is 0 Å². The third kappa shape index (κ3) is 1.31. The van der Waals surface area contributed by atoms with Gasteiger partial charge in [-0.15, -0.1) is 0 Å². The Bertz CT molecular complexity index is 410. The largest absolute Gasteiger partial charge is 0.506 e. The smallest absolute Gasteiger partial charge is 0.138 e. The van der Waals surface area contributed by atoms with Gasteiger partial charge in [-0.25, -0.2) is 0 Å². The fourth-order valence-corrected chi connectivity index (χ4v) is 1.02. The molecule has 0 radical (unpaired) electrons. The molecule has 1 heterocycles. The molecule has 0 spiro atoms. The van der Waals surface area contributed by atoms with Crippen LogP contribution in [0.15, 0.2) is 30.6 Å². The van der Waals surface area contributed by atoms with Crippen LogP contribution in [0.4, 0.5) is 5.69 Å². The molecular weight excluding hydrogens is 168 g/mol. The van der Waals surface area contributed by atoms with E-state index in [1.807, 2.05) is 0 Å². The summed E-state index contributed by atoms with van der Waals surface area (Å²) in [5.74, 6) is 0.0657. The van der Waals surface area contributed by atoms with Gasteiger partial charge in [-0.1, -0.05) is 0 Å². The fraction of sp³-hybridized carbons (Fsp3) is 0. The Kier molecular flexibility index (Phi) is 1.63. The zero-order valence-electron chi connectivity index (χ0n) is 6.75. The number of phenols is 1. The van der Waals surface area contributed by atoms with Gasteiger partial charge in [0.2, 0.25) is 0 Å². The van der Waals surface area contributed by atoms with E-state index in [1.54, 1.807) is 24.5 Å². The maximum Gasteiger partial charge on any atom is 0.138 e. The summed E-state index contributed by atoms with van der Waals surface area (Å²) in [6.07, 6.45) is 3.14. The van der Waals surface area contributed by atoms with Gasteiger partial charge in [-0.3, -0.25) is 0 Å². The van der Waals surface area contributed by atoms with Crippen LogP contribution in [-0.2, 0) is 0 Å². The van der Waals surface area contributed by atoms with Crippen LogP contribution in [0.5, 0.6) is 5.75 Å². The number of rotatable bonds is 1. The molecule has 5 nitrogen and oxygen atoms in total.